The van der Waals surface area contributed by atoms with E-state index in [9.17, 15) is 19.1 Å². The molecule has 6 heteroatoms. The van der Waals surface area contributed by atoms with Gasteiger partial charge >= 0.3 is 0 Å². The number of nitrogens with zero attached hydrogens (tertiary/aromatic N) is 1. The minimum atomic E-state index is -0.783. The highest BCUT2D eigenvalue weighted by molar-refractivity contribution is 5.97. The van der Waals surface area contributed by atoms with E-state index >= 15 is 0 Å². The Morgan fingerprint density at radius 2 is 1.95 bits per heavy atom. The second-order valence-corrected chi connectivity index (χ2v) is 5.08. The molecule has 2 amide bonds. The SMILES string of the molecule is O=C(NCCC(=O)N1CCCCC1)c1c(O)cccc1F. The fourth-order valence-corrected chi connectivity index (χ4v) is 2.41. The molecular weight excluding hydrogens is 275 g/mol. The van der Waals surface area contributed by atoms with E-state index in [0.29, 0.717) is 0 Å². The molecule has 5 nitrogen and oxygen atoms in total. The van der Waals surface area contributed by atoms with E-state index < -0.39 is 17.5 Å². The van der Waals surface area contributed by atoms with Crippen molar-refractivity contribution in [1.29, 1.82) is 0 Å². The molecule has 1 aromatic rings. The average molecular weight is 294 g/mol. The molecule has 0 radical (unpaired) electrons. The smallest absolute Gasteiger partial charge is 0.258 e. The van der Waals surface area contributed by atoms with Gasteiger partial charge in [-0.25, -0.2) is 4.39 Å². The monoisotopic (exact) mass is 294 g/mol. The number of carbonyl (C=O) groups is 2. The number of hydrogen-bond donors (Lipinski definition) is 2. The largest absolute Gasteiger partial charge is 0.507 e. The van der Waals surface area contributed by atoms with Gasteiger partial charge in [0.1, 0.15) is 17.1 Å². The molecule has 0 aliphatic carbocycles. The number of likely N-dealkylation sites (tertiary alicyclic amines) is 1. The van der Waals surface area contributed by atoms with Crippen molar-refractivity contribution in [2.45, 2.75) is 25.7 Å². The summed E-state index contributed by atoms with van der Waals surface area (Å²) in [5.41, 5.74) is -0.386. The highest BCUT2D eigenvalue weighted by Crippen LogP contribution is 2.19. The number of nitrogens with one attached hydrogen (secondary N) is 1. The van der Waals surface area contributed by atoms with Gasteiger partial charge < -0.3 is 15.3 Å². The van der Waals surface area contributed by atoms with Gasteiger partial charge in [-0.2, -0.15) is 0 Å². The summed E-state index contributed by atoms with van der Waals surface area (Å²) in [6, 6.07) is 3.67. The average Bonchev–Trinajstić information content (AvgIpc) is 2.48. The van der Waals surface area contributed by atoms with Crippen molar-refractivity contribution in [2.24, 2.45) is 0 Å². The molecule has 1 aliphatic heterocycles. The van der Waals surface area contributed by atoms with Gasteiger partial charge in [-0.1, -0.05) is 6.07 Å². The molecule has 1 heterocycles. The quantitative estimate of drug-likeness (QED) is 0.887. The van der Waals surface area contributed by atoms with Crippen LogP contribution < -0.4 is 5.32 Å². The van der Waals surface area contributed by atoms with Gasteiger partial charge in [0, 0.05) is 26.1 Å². The van der Waals surface area contributed by atoms with E-state index in [0.717, 1.165) is 38.4 Å². The third kappa shape index (κ3) is 3.93. The van der Waals surface area contributed by atoms with Gasteiger partial charge in [0.15, 0.2) is 0 Å². The molecule has 0 unspecified atom stereocenters. The second kappa shape index (κ2) is 7.06. The van der Waals surface area contributed by atoms with Crippen LogP contribution >= 0.6 is 0 Å². The van der Waals surface area contributed by atoms with Gasteiger partial charge in [0.05, 0.1) is 0 Å². The van der Waals surface area contributed by atoms with Gasteiger partial charge in [-0.05, 0) is 31.4 Å². The maximum atomic E-state index is 13.5. The number of phenols is 1. The molecule has 21 heavy (non-hydrogen) atoms. The summed E-state index contributed by atoms with van der Waals surface area (Å²) in [5, 5.41) is 12.0. The van der Waals surface area contributed by atoms with Gasteiger partial charge in [-0.3, -0.25) is 9.59 Å². The maximum Gasteiger partial charge on any atom is 0.258 e. The van der Waals surface area contributed by atoms with Crippen LogP contribution in [0.25, 0.3) is 0 Å². The number of aromatic hydroxyl groups is 1. The Morgan fingerprint density at radius 1 is 1.24 bits per heavy atom. The van der Waals surface area contributed by atoms with Gasteiger partial charge in [0.2, 0.25) is 5.91 Å². The third-order valence-electron chi connectivity index (χ3n) is 3.55. The summed E-state index contributed by atoms with van der Waals surface area (Å²) in [4.78, 5) is 25.5. The third-order valence-corrected chi connectivity index (χ3v) is 3.55. The molecule has 0 aromatic heterocycles. The summed E-state index contributed by atoms with van der Waals surface area (Å²) in [6.45, 7) is 1.66. The molecule has 0 bridgehead atoms. The van der Waals surface area contributed by atoms with Crippen LogP contribution in [0.3, 0.4) is 0 Å². The Balaban J connectivity index is 1.83. The molecule has 0 saturated carbocycles. The van der Waals surface area contributed by atoms with Crippen molar-refractivity contribution in [2.75, 3.05) is 19.6 Å². The lowest BCUT2D eigenvalue weighted by molar-refractivity contribution is -0.131. The zero-order chi connectivity index (χ0) is 15.2. The fourth-order valence-electron chi connectivity index (χ4n) is 2.41. The number of amides is 2. The minimum absolute atomic E-state index is 0.00671. The van der Waals surface area contributed by atoms with Crippen LogP contribution in [0.4, 0.5) is 4.39 Å². The van der Waals surface area contributed by atoms with Crippen molar-refractivity contribution in [3.63, 3.8) is 0 Å². The number of carbonyl (C=O) groups excluding carboxylic acids is 2. The molecule has 2 rings (SSSR count). The number of halogens is 1. The van der Waals surface area contributed by atoms with Crippen LogP contribution in [-0.2, 0) is 4.79 Å². The molecule has 1 saturated heterocycles. The summed E-state index contributed by atoms with van der Waals surface area (Å²) >= 11 is 0. The van der Waals surface area contributed by atoms with E-state index in [1.807, 2.05) is 0 Å². The van der Waals surface area contributed by atoms with Crippen molar-refractivity contribution in [3.8, 4) is 5.75 Å². The molecule has 1 aromatic carbocycles. The first-order valence-electron chi connectivity index (χ1n) is 7.13. The van der Waals surface area contributed by atoms with E-state index in [-0.39, 0.29) is 24.4 Å². The van der Waals surface area contributed by atoms with Crippen LogP contribution in [0.1, 0.15) is 36.0 Å². The second-order valence-electron chi connectivity index (χ2n) is 5.08. The summed E-state index contributed by atoms with van der Waals surface area (Å²) in [7, 11) is 0. The number of benzene rings is 1. The van der Waals surface area contributed by atoms with Gasteiger partial charge in [-0.15, -0.1) is 0 Å². The first kappa shape index (κ1) is 15.3. The van der Waals surface area contributed by atoms with Crippen LogP contribution in [0.5, 0.6) is 5.75 Å². The molecule has 0 atom stereocenters. The topological polar surface area (TPSA) is 69.6 Å². The van der Waals surface area contributed by atoms with E-state index in [1.54, 1.807) is 4.90 Å². The number of piperidine rings is 1. The molecule has 1 aliphatic rings. The molecule has 0 spiro atoms. The van der Waals surface area contributed by atoms with Gasteiger partial charge in [0.25, 0.3) is 5.91 Å². The lowest BCUT2D eigenvalue weighted by Crippen LogP contribution is -2.37. The Labute approximate surface area is 122 Å². The van der Waals surface area contributed by atoms with Crippen LogP contribution in [-0.4, -0.2) is 41.5 Å². The normalized spacial score (nSPS) is 14.8. The first-order valence-corrected chi connectivity index (χ1v) is 7.13. The van der Waals surface area contributed by atoms with Crippen LogP contribution in [0, 0.1) is 5.82 Å². The highest BCUT2D eigenvalue weighted by Gasteiger charge is 2.18. The van der Waals surface area contributed by atoms with Crippen molar-refractivity contribution < 1.29 is 19.1 Å². The standard InChI is InChI=1S/C15H19FN2O3/c16-11-5-4-6-12(19)14(11)15(21)17-8-7-13(20)18-9-2-1-3-10-18/h4-6,19H,1-3,7-10H2,(H,17,21). The molecule has 1 fully saturated rings. The first-order chi connectivity index (χ1) is 10.1. The maximum absolute atomic E-state index is 13.5. The Kier molecular flexibility index (Phi) is 5.14. The Morgan fingerprint density at radius 3 is 2.62 bits per heavy atom. The fraction of sp³-hybridized carbons (Fsp3) is 0.467. The van der Waals surface area contributed by atoms with Crippen LogP contribution in [0.2, 0.25) is 0 Å². The number of phenolic OH excluding ortho intramolecular Hbond substituents is 1. The van der Waals surface area contributed by atoms with E-state index in [1.165, 1.54) is 12.1 Å². The molecular formula is C15H19FN2O3. The minimum Gasteiger partial charge on any atom is -0.507 e. The summed E-state index contributed by atoms with van der Waals surface area (Å²) in [5.74, 6) is -1.91. The Bertz CT molecular complexity index is 507. The predicted octanol–water partition coefficient (Wildman–Crippen LogP) is 1.66. The molecule has 114 valence electrons. The van der Waals surface area contributed by atoms with Crippen molar-refractivity contribution in [3.05, 3.63) is 29.6 Å². The highest BCUT2D eigenvalue weighted by atomic mass is 19.1. The van der Waals surface area contributed by atoms with E-state index in [4.69, 9.17) is 0 Å². The summed E-state index contributed by atoms with van der Waals surface area (Å²) < 4.78 is 13.5. The Hall–Kier alpha value is -2.11. The number of hydrogen-bond acceptors (Lipinski definition) is 3. The van der Waals surface area contributed by atoms with Crippen molar-refractivity contribution in [1.82, 2.24) is 10.2 Å². The summed E-state index contributed by atoms with van der Waals surface area (Å²) in [6.07, 6.45) is 3.36. The van der Waals surface area contributed by atoms with Crippen molar-refractivity contribution >= 4 is 11.8 Å². The lowest BCUT2D eigenvalue weighted by atomic mass is 10.1. The number of rotatable bonds is 4. The zero-order valence-electron chi connectivity index (χ0n) is 11.8. The predicted molar refractivity (Wildman–Crippen MR) is 75.4 cm³/mol. The van der Waals surface area contributed by atoms with Crippen LogP contribution in [0.15, 0.2) is 18.2 Å². The lowest BCUT2D eigenvalue weighted by Gasteiger charge is -2.26. The zero-order valence-corrected chi connectivity index (χ0v) is 11.8. The van der Waals surface area contributed by atoms with E-state index in [2.05, 4.69) is 5.32 Å². The molecule has 2 N–H and O–H groups in total.